The molecule has 0 amide bonds. The van der Waals surface area contributed by atoms with Gasteiger partial charge in [0.15, 0.2) is 0 Å². The first-order chi connectivity index (χ1) is 8.50. The van der Waals surface area contributed by atoms with E-state index < -0.39 is 6.10 Å². The van der Waals surface area contributed by atoms with Crippen molar-refractivity contribution in [3.8, 4) is 0 Å². The zero-order valence-electron chi connectivity index (χ0n) is 10.2. The minimum Gasteiger partial charge on any atom is -0.384 e. The van der Waals surface area contributed by atoms with E-state index in [0.29, 0.717) is 5.02 Å². The summed E-state index contributed by atoms with van der Waals surface area (Å²) < 4.78 is 0.907. The quantitative estimate of drug-likeness (QED) is 0.841. The van der Waals surface area contributed by atoms with Crippen LogP contribution in [0, 0.1) is 13.8 Å². The molecule has 0 saturated heterocycles. The van der Waals surface area contributed by atoms with Crippen molar-refractivity contribution >= 4 is 27.5 Å². The molecule has 0 saturated carbocycles. The predicted molar refractivity (Wildman–Crippen MR) is 79.1 cm³/mol. The maximum Gasteiger partial charge on any atom is 0.106 e. The van der Waals surface area contributed by atoms with Crippen LogP contribution in [0.5, 0.6) is 0 Å². The largest absolute Gasteiger partial charge is 0.384 e. The first-order valence-electron chi connectivity index (χ1n) is 5.70. The molecule has 18 heavy (non-hydrogen) atoms. The lowest BCUT2D eigenvalue weighted by atomic mass is 9.95. The van der Waals surface area contributed by atoms with Crippen LogP contribution in [0.1, 0.15) is 28.4 Å². The Morgan fingerprint density at radius 2 is 1.83 bits per heavy atom. The molecule has 0 aliphatic heterocycles. The summed E-state index contributed by atoms with van der Waals surface area (Å²) in [6.45, 7) is 4.05. The van der Waals surface area contributed by atoms with Crippen LogP contribution in [0.2, 0.25) is 5.02 Å². The highest BCUT2D eigenvalue weighted by atomic mass is 79.9. The third-order valence-corrected chi connectivity index (χ3v) is 4.02. The molecule has 1 N–H and O–H groups in total. The van der Waals surface area contributed by atoms with Gasteiger partial charge in [-0.05, 0) is 42.7 Å². The van der Waals surface area contributed by atoms with E-state index in [2.05, 4.69) is 15.9 Å². The Bertz CT molecular complexity index is 581. The molecule has 0 aliphatic carbocycles. The number of benzene rings is 2. The van der Waals surface area contributed by atoms with Crippen LogP contribution in [0.3, 0.4) is 0 Å². The third kappa shape index (κ3) is 2.61. The Morgan fingerprint density at radius 3 is 2.50 bits per heavy atom. The van der Waals surface area contributed by atoms with Gasteiger partial charge in [-0.3, -0.25) is 0 Å². The van der Waals surface area contributed by atoms with Crippen molar-refractivity contribution in [3.63, 3.8) is 0 Å². The highest BCUT2D eigenvalue weighted by Gasteiger charge is 2.16. The summed E-state index contributed by atoms with van der Waals surface area (Å²) in [5.74, 6) is 0. The molecule has 0 aromatic heterocycles. The fraction of sp³-hybridized carbons (Fsp3) is 0.200. The Kier molecular flexibility index (Phi) is 4.10. The highest BCUT2D eigenvalue weighted by Crippen LogP contribution is 2.32. The third-order valence-electron chi connectivity index (χ3n) is 3.20. The number of halogens is 2. The Hall–Kier alpha value is -0.830. The van der Waals surface area contributed by atoms with Crippen LogP contribution in [-0.4, -0.2) is 5.11 Å². The molecule has 0 aliphatic rings. The maximum atomic E-state index is 10.5. The van der Waals surface area contributed by atoms with E-state index in [4.69, 9.17) is 11.6 Å². The van der Waals surface area contributed by atoms with Gasteiger partial charge in [0.05, 0.1) is 0 Å². The lowest BCUT2D eigenvalue weighted by Gasteiger charge is -2.17. The maximum absolute atomic E-state index is 10.5. The molecule has 3 heteroatoms. The van der Waals surface area contributed by atoms with Gasteiger partial charge in [-0.15, -0.1) is 0 Å². The lowest BCUT2D eigenvalue weighted by Crippen LogP contribution is -2.03. The van der Waals surface area contributed by atoms with E-state index in [9.17, 15) is 5.11 Å². The second kappa shape index (κ2) is 5.43. The van der Waals surface area contributed by atoms with Crippen molar-refractivity contribution < 1.29 is 5.11 Å². The van der Waals surface area contributed by atoms with Crippen molar-refractivity contribution in [1.82, 2.24) is 0 Å². The van der Waals surface area contributed by atoms with Crippen molar-refractivity contribution in [3.05, 3.63) is 68.1 Å². The standard InChI is InChI=1S/C15H14BrClO/c1-9-4-3-5-12(10(9)2)15(18)13-7-6-11(16)8-14(13)17/h3-8,15,18H,1-2H3. The molecular formula is C15H14BrClO. The van der Waals surface area contributed by atoms with Crippen LogP contribution in [0.4, 0.5) is 0 Å². The Labute approximate surface area is 121 Å². The molecule has 0 bridgehead atoms. The molecule has 2 aromatic carbocycles. The number of hydrogen-bond acceptors (Lipinski definition) is 1. The number of aliphatic hydroxyl groups excluding tert-OH is 1. The Balaban J connectivity index is 2.48. The molecule has 0 spiro atoms. The van der Waals surface area contributed by atoms with Gasteiger partial charge in [-0.1, -0.05) is 51.8 Å². The summed E-state index contributed by atoms with van der Waals surface area (Å²) >= 11 is 9.54. The van der Waals surface area contributed by atoms with Crippen molar-refractivity contribution in [1.29, 1.82) is 0 Å². The Morgan fingerprint density at radius 1 is 1.11 bits per heavy atom. The summed E-state index contributed by atoms with van der Waals surface area (Å²) in [5.41, 5.74) is 3.90. The summed E-state index contributed by atoms with van der Waals surface area (Å²) in [4.78, 5) is 0. The average Bonchev–Trinajstić information content (AvgIpc) is 2.32. The lowest BCUT2D eigenvalue weighted by molar-refractivity contribution is 0.219. The van der Waals surface area contributed by atoms with E-state index in [1.807, 2.05) is 44.2 Å². The van der Waals surface area contributed by atoms with Crippen LogP contribution in [-0.2, 0) is 0 Å². The average molecular weight is 326 g/mol. The van der Waals surface area contributed by atoms with Crippen molar-refractivity contribution in [2.75, 3.05) is 0 Å². The van der Waals surface area contributed by atoms with Crippen LogP contribution < -0.4 is 0 Å². The van der Waals surface area contributed by atoms with Crippen LogP contribution >= 0.6 is 27.5 Å². The van der Waals surface area contributed by atoms with E-state index in [1.165, 1.54) is 5.56 Å². The van der Waals surface area contributed by atoms with E-state index in [0.717, 1.165) is 21.2 Å². The second-order valence-corrected chi connectivity index (χ2v) is 5.68. The number of rotatable bonds is 2. The minimum atomic E-state index is -0.689. The van der Waals surface area contributed by atoms with Crippen LogP contribution in [0.25, 0.3) is 0 Å². The molecule has 1 atom stereocenters. The van der Waals surface area contributed by atoms with Gasteiger partial charge in [0, 0.05) is 15.1 Å². The SMILES string of the molecule is Cc1cccc(C(O)c2ccc(Br)cc2Cl)c1C. The van der Waals surface area contributed by atoms with Gasteiger partial charge in [0.1, 0.15) is 6.10 Å². The predicted octanol–water partition coefficient (Wildman–Crippen LogP) is 4.80. The molecule has 0 heterocycles. The first kappa shape index (κ1) is 13.6. The molecule has 0 radical (unpaired) electrons. The summed E-state index contributed by atoms with van der Waals surface area (Å²) in [5, 5.41) is 11.0. The minimum absolute atomic E-state index is 0.567. The monoisotopic (exact) mass is 324 g/mol. The van der Waals surface area contributed by atoms with Crippen molar-refractivity contribution in [2.24, 2.45) is 0 Å². The molecule has 94 valence electrons. The zero-order valence-corrected chi connectivity index (χ0v) is 12.6. The molecular weight excluding hydrogens is 312 g/mol. The van der Waals surface area contributed by atoms with E-state index >= 15 is 0 Å². The van der Waals surface area contributed by atoms with E-state index in [-0.39, 0.29) is 0 Å². The van der Waals surface area contributed by atoms with Gasteiger partial charge in [0.2, 0.25) is 0 Å². The smallest absolute Gasteiger partial charge is 0.106 e. The highest BCUT2D eigenvalue weighted by molar-refractivity contribution is 9.10. The number of hydrogen-bond donors (Lipinski definition) is 1. The molecule has 1 nitrogen and oxygen atoms in total. The molecule has 0 fully saturated rings. The first-order valence-corrected chi connectivity index (χ1v) is 6.87. The second-order valence-electron chi connectivity index (χ2n) is 4.36. The topological polar surface area (TPSA) is 20.2 Å². The van der Waals surface area contributed by atoms with E-state index in [1.54, 1.807) is 6.07 Å². The molecule has 1 unspecified atom stereocenters. The fourth-order valence-electron chi connectivity index (χ4n) is 1.96. The van der Waals surface area contributed by atoms with Crippen LogP contribution in [0.15, 0.2) is 40.9 Å². The van der Waals surface area contributed by atoms with Crippen molar-refractivity contribution in [2.45, 2.75) is 20.0 Å². The van der Waals surface area contributed by atoms with Gasteiger partial charge < -0.3 is 5.11 Å². The fourth-order valence-corrected chi connectivity index (χ4v) is 2.74. The van der Waals surface area contributed by atoms with Gasteiger partial charge in [0.25, 0.3) is 0 Å². The van der Waals surface area contributed by atoms with Gasteiger partial charge in [-0.25, -0.2) is 0 Å². The summed E-state index contributed by atoms with van der Waals surface area (Å²) in [6, 6.07) is 11.5. The van der Waals surface area contributed by atoms with Gasteiger partial charge in [-0.2, -0.15) is 0 Å². The normalized spacial score (nSPS) is 12.5. The number of aryl methyl sites for hydroxylation is 1. The number of aliphatic hydroxyl groups is 1. The van der Waals surface area contributed by atoms with Gasteiger partial charge >= 0.3 is 0 Å². The summed E-state index contributed by atoms with van der Waals surface area (Å²) in [6.07, 6.45) is -0.689. The zero-order chi connectivity index (χ0) is 13.3. The molecule has 2 aromatic rings. The molecule has 2 rings (SSSR count). The summed E-state index contributed by atoms with van der Waals surface area (Å²) in [7, 11) is 0.